The van der Waals surface area contributed by atoms with Crippen molar-refractivity contribution < 1.29 is 19.1 Å². The highest BCUT2D eigenvalue weighted by molar-refractivity contribution is 6.14. The Kier molecular flexibility index (Phi) is 8.07. The minimum absolute atomic E-state index is 0.0351. The van der Waals surface area contributed by atoms with Crippen LogP contribution in [-0.2, 0) is 11.2 Å². The highest BCUT2D eigenvalue weighted by Crippen LogP contribution is 2.33. The summed E-state index contributed by atoms with van der Waals surface area (Å²) in [5.41, 5.74) is 4.04. The maximum atomic E-state index is 12.6. The second-order valence-electron chi connectivity index (χ2n) is 8.95. The fourth-order valence-electron chi connectivity index (χ4n) is 4.41. The number of anilines is 1. The first-order chi connectivity index (χ1) is 17.4. The fourth-order valence-corrected chi connectivity index (χ4v) is 4.41. The van der Waals surface area contributed by atoms with Gasteiger partial charge in [0.05, 0.1) is 33.0 Å². The molecule has 0 spiro atoms. The highest BCUT2D eigenvalue weighted by Gasteiger charge is 2.24. The first-order valence-corrected chi connectivity index (χ1v) is 12.1. The van der Waals surface area contributed by atoms with E-state index in [2.05, 4.69) is 27.5 Å². The number of ether oxygens (including phenoxy) is 2. The van der Waals surface area contributed by atoms with Crippen molar-refractivity contribution in [3.05, 3.63) is 53.1 Å². The molecule has 2 aliphatic heterocycles. The van der Waals surface area contributed by atoms with E-state index in [9.17, 15) is 9.59 Å². The number of amides is 3. The number of hydrogen-bond donors (Lipinski definition) is 2. The molecule has 2 aromatic carbocycles. The van der Waals surface area contributed by atoms with E-state index in [1.165, 1.54) is 5.01 Å². The molecular weight excluding hydrogens is 460 g/mol. The Bertz CT molecular complexity index is 1130. The van der Waals surface area contributed by atoms with Crippen molar-refractivity contribution in [1.29, 1.82) is 0 Å². The molecule has 2 heterocycles. The molecule has 0 bridgehead atoms. The van der Waals surface area contributed by atoms with Crippen LogP contribution in [0, 0.1) is 0 Å². The van der Waals surface area contributed by atoms with Crippen molar-refractivity contribution in [3.63, 3.8) is 0 Å². The van der Waals surface area contributed by atoms with Crippen molar-refractivity contribution in [1.82, 2.24) is 20.1 Å². The molecule has 2 aromatic rings. The Balaban J connectivity index is 1.58. The zero-order valence-electron chi connectivity index (χ0n) is 21.3. The first kappa shape index (κ1) is 25.5. The Morgan fingerprint density at radius 1 is 0.972 bits per heavy atom. The lowest BCUT2D eigenvalue weighted by Crippen LogP contribution is -2.47. The molecule has 1 saturated heterocycles. The lowest BCUT2D eigenvalue weighted by Gasteiger charge is -2.31. The molecule has 36 heavy (non-hydrogen) atoms. The maximum absolute atomic E-state index is 12.6. The third-order valence-corrected chi connectivity index (χ3v) is 6.53. The Labute approximate surface area is 211 Å². The van der Waals surface area contributed by atoms with Gasteiger partial charge in [-0.2, -0.15) is 5.10 Å². The molecule has 0 atom stereocenters. The minimum Gasteiger partial charge on any atom is -0.493 e. The molecule has 192 valence electrons. The van der Waals surface area contributed by atoms with Crippen LogP contribution < -0.4 is 20.1 Å². The van der Waals surface area contributed by atoms with Crippen molar-refractivity contribution in [3.8, 4) is 11.5 Å². The van der Waals surface area contributed by atoms with E-state index in [1.54, 1.807) is 21.3 Å². The standard InChI is InChI=1S/C26H34N6O4/c1-27-26(34)32-10-9-19-15-22(35-3)23(36-4)16-21(19)25(29-32)18-5-7-20(8-6-18)28-24(33)17-31-13-11-30(2)12-14-31/h5-8,15-16H,9-14,17H2,1-4H3,(H,27,34)(H,28,33). The average Bonchev–Trinajstić information content (AvgIpc) is 3.08. The summed E-state index contributed by atoms with van der Waals surface area (Å²) in [5, 5.41) is 11.8. The molecule has 0 aliphatic carbocycles. The topological polar surface area (TPSA) is 98.7 Å². The van der Waals surface area contributed by atoms with E-state index in [0.717, 1.165) is 42.9 Å². The second-order valence-corrected chi connectivity index (χ2v) is 8.95. The monoisotopic (exact) mass is 494 g/mol. The summed E-state index contributed by atoms with van der Waals surface area (Å²) >= 11 is 0. The molecule has 1 fully saturated rings. The van der Waals surface area contributed by atoms with Crippen molar-refractivity contribution in [2.75, 3.05) is 72.9 Å². The Morgan fingerprint density at radius 2 is 1.64 bits per heavy atom. The van der Waals surface area contributed by atoms with Crippen LogP contribution in [0.3, 0.4) is 0 Å². The summed E-state index contributed by atoms with van der Waals surface area (Å²) in [6.45, 7) is 4.51. The molecule has 0 saturated carbocycles. The number of carbonyl (C=O) groups excluding carboxylic acids is 2. The van der Waals surface area contributed by atoms with Crippen LogP contribution in [0.4, 0.5) is 10.5 Å². The van der Waals surface area contributed by atoms with Crippen LogP contribution in [-0.4, -0.2) is 100 Å². The number of fused-ring (bicyclic) bond motifs is 1. The van der Waals surface area contributed by atoms with Gasteiger partial charge in [-0.25, -0.2) is 9.80 Å². The maximum Gasteiger partial charge on any atom is 0.337 e. The normalized spacial score (nSPS) is 16.4. The molecule has 0 radical (unpaired) electrons. The lowest BCUT2D eigenvalue weighted by molar-refractivity contribution is -0.117. The van der Waals surface area contributed by atoms with Crippen LogP contribution >= 0.6 is 0 Å². The number of nitrogens with zero attached hydrogens (tertiary/aromatic N) is 4. The molecule has 3 amide bonds. The Hall–Kier alpha value is -3.63. The number of piperazine rings is 1. The minimum atomic E-state index is -0.285. The third kappa shape index (κ3) is 5.77. The largest absolute Gasteiger partial charge is 0.493 e. The average molecular weight is 495 g/mol. The number of methoxy groups -OCH3 is 2. The molecule has 0 aromatic heterocycles. The van der Waals surface area contributed by atoms with E-state index >= 15 is 0 Å². The highest BCUT2D eigenvalue weighted by atomic mass is 16.5. The summed E-state index contributed by atoms with van der Waals surface area (Å²) in [5.74, 6) is 1.18. The van der Waals surface area contributed by atoms with Crippen LogP contribution in [0.5, 0.6) is 11.5 Å². The molecule has 0 unspecified atom stereocenters. The fraction of sp³-hybridized carbons (Fsp3) is 0.423. The molecule has 4 rings (SSSR count). The number of urea groups is 1. The number of carbonyl (C=O) groups is 2. The van der Waals surface area contributed by atoms with Crippen LogP contribution in [0.25, 0.3) is 0 Å². The Morgan fingerprint density at radius 3 is 2.28 bits per heavy atom. The van der Waals surface area contributed by atoms with Crippen molar-refractivity contribution >= 4 is 23.3 Å². The predicted octanol–water partition coefficient (Wildman–Crippen LogP) is 1.84. The quantitative estimate of drug-likeness (QED) is 0.636. The van der Waals surface area contributed by atoms with E-state index in [-0.39, 0.29) is 11.9 Å². The van der Waals surface area contributed by atoms with E-state index < -0.39 is 0 Å². The second kappa shape index (κ2) is 11.4. The number of benzene rings is 2. The first-order valence-electron chi connectivity index (χ1n) is 12.1. The van der Waals surface area contributed by atoms with E-state index in [0.29, 0.717) is 42.4 Å². The molecule has 10 nitrogen and oxygen atoms in total. The summed E-state index contributed by atoms with van der Waals surface area (Å²) < 4.78 is 11.0. The third-order valence-electron chi connectivity index (χ3n) is 6.53. The zero-order valence-corrected chi connectivity index (χ0v) is 21.3. The number of rotatable bonds is 6. The number of nitrogens with one attached hydrogen (secondary N) is 2. The molecule has 10 heteroatoms. The number of likely N-dealkylation sites (N-methyl/N-ethyl adjacent to an activating group) is 1. The van der Waals surface area contributed by atoms with Gasteiger partial charge >= 0.3 is 6.03 Å². The zero-order chi connectivity index (χ0) is 25.7. The van der Waals surface area contributed by atoms with Crippen LogP contribution in [0.2, 0.25) is 0 Å². The molecule has 2 N–H and O–H groups in total. The van der Waals surface area contributed by atoms with Crippen molar-refractivity contribution in [2.24, 2.45) is 5.10 Å². The van der Waals surface area contributed by atoms with Gasteiger partial charge in [-0.1, -0.05) is 12.1 Å². The SMILES string of the molecule is CNC(=O)N1CCc2cc(OC)c(OC)cc2C(c2ccc(NC(=O)CN3CCN(C)CC3)cc2)=N1. The predicted molar refractivity (Wildman–Crippen MR) is 139 cm³/mol. The van der Waals surface area contributed by atoms with E-state index in [4.69, 9.17) is 14.6 Å². The van der Waals surface area contributed by atoms with Gasteiger partial charge in [0.15, 0.2) is 11.5 Å². The van der Waals surface area contributed by atoms with E-state index in [1.807, 2.05) is 36.4 Å². The summed E-state index contributed by atoms with van der Waals surface area (Å²) in [6.07, 6.45) is 0.608. The van der Waals surface area contributed by atoms with Gasteiger partial charge in [0.2, 0.25) is 5.91 Å². The van der Waals surface area contributed by atoms with Gasteiger partial charge in [0, 0.05) is 50.0 Å². The summed E-state index contributed by atoms with van der Waals surface area (Å²) in [7, 11) is 6.87. The molecule has 2 aliphatic rings. The number of hydrazone groups is 1. The van der Waals surface area contributed by atoms with Crippen LogP contribution in [0.1, 0.15) is 16.7 Å². The number of hydrogen-bond acceptors (Lipinski definition) is 7. The van der Waals surface area contributed by atoms with Gasteiger partial charge in [-0.15, -0.1) is 0 Å². The molecular formula is C26H34N6O4. The van der Waals surface area contributed by atoms with Gasteiger partial charge < -0.3 is 25.0 Å². The van der Waals surface area contributed by atoms with Gasteiger partial charge in [0.1, 0.15) is 0 Å². The van der Waals surface area contributed by atoms with Gasteiger partial charge in [-0.05, 0) is 43.3 Å². The van der Waals surface area contributed by atoms with Gasteiger partial charge in [-0.3, -0.25) is 9.69 Å². The summed E-state index contributed by atoms with van der Waals surface area (Å²) in [6, 6.07) is 11.1. The van der Waals surface area contributed by atoms with Crippen LogP contribution in [0.15, 0.2) is 41.5 Å². The smallest absolute Gasteiger partial charge is 0.337 e. The van der Waals surface area contributed by atoms with Crippen molar-refractivity contribution in [2.45, 2.75) is 6.42 Å². The van der Waals surface area contributed by atoms with Gasteiger partial charge in [0.25, 0.3) is 0 Å². The summed E-state index contributed by atoms with van der Waals surface area (Å²) in [4.78, 5) is 29.5. The lowest BCUT2D eigenvalue weighted by atomic mass is 9.95.